The third-order valence-corrected chi connectivity index (χ3v) is 4.04. The van der Waals surface area contributed by atoms with Gasteiger partial charge in [0.1, 0.15) is 0 Å². The Morgan fingerprint density at radius 3 is 2.57 bits per heavy atom. The molecule has 0 aliphatic carbocycles. The van der Waals surface area contributed by atoms with E-state index in [4.69, 9.17) is 9.15 Å². The van der Waals surface area contributed by atoms with Crippen LogP contribution in [0.4, 0.5) is 0 Å². The lowest BCUT2D eigenvalue weighted by Gasteiger charge is -2.31. The van der Waals surface area contributed by atoms with Crippen LogP contribution in [-0.2, 0) is 11.3 Å². The fraction of sp³-hybridized carbons (Fsp3) is 0.688. The highest BCUT2D eigenvalue weighted by Gasteiger charge is 2.21. The Morgan fingerprint density at radius 2 is 2.05 bits per heavy atom. The molecule has 1 rings (SSSR count). The highest BCUT2D eigenvalue weighted by molar-refractivity contribution is 5.87. The number of hydrogen-bond donors (Lipinski definition) is 1. The molecule has 1 aromatic heterocycles. The monoisotopic (exact) mass is 296 g/mol. The number of nitrogens with zero attached hydrogens (tertiary/aromatic N) is 1. The summed E-state index contributed by atoms with van der Waals surface area (Å²) in [5.74, 6) is 0.520. The van der Waals surface area contributed by atoms with Crippen molar-refractivity contribution in [3.8, 4) is 0 Å². The lowest BCUT2D eigenvalue weighted by atomic mass is 9.93. The summed E-state index contributed by atoms with van der Waals surface area (Å²) in [5, 5.41) is 3.43. The molecule has 21 heavy (non-hydrogen) atoms. The summed E-state index contributed by atoms with van der Waals surface area (Å²) >= 11 is 0. The maximum atomic E-state index is 11.5. The van der Waals surface area contributed by atoms with Gasteiger partial charge in [-0.15, -0.1) is 0 Å². The smallest absolute Gasteiger partial charge is 0.374 e. The molecule has 0 aliphatic heterocycles. The molecule has 1 heterocycles. The average molecular weight is 296 g/mol. The lowest BCUT2D eigenvalue weighted by molar-refractivity contribution is 0.0563. The van der Waals surface area contributed by atoms with Crippen LogP contribution in [0.15, 0.2) is 16.7 Å². The fourth-order valence-corrected chi connectivity index (χ4v) is 2.71. The molecular weight excluding hydrogens is 268 g/mol. The zero-order valence-corrected chi connectivity index (χ0v) is 13.8. The van der Waals surface area contributed by atoms with E-state index in [1.54, 1.807) is 6.07 Å². The second-order valence-electron chi connectivity index (χ2n) is 5.50. The Hall–Kier alpha value is -1.33. The minimum Gasteiger partial charge on any atom is -0.463 e. The van der Waals surface area contributed by atoms with Crippen LogP contribution >= 0.6 is 0 Å². The zero-order chi connectivity index (χ0) is 15.8. The van der Waals surface area contributed by atoms with Gasteiger partial charge in [0.15, 0.2) is 0 Å². The molecule has 1 N–H and O–H groups in total. The predicted octanol–water partition coefficient (Wildman–Crippen LogP) is 2.52. The molecule has 0 fully saturated rings. The summed E-state index contributed by atoms with van der Waals surface area (Å²) in [5.41, 5.74) is 0.837. The van der Waals surface area contributed by atoms with Crippen LogP contribution in [0.2, 0.25) is 0 Å². The van der Waals surface area contributed by atoms with Gasteiger partial charge in [0.05, 0.1) is 13.4 Å². The van der Waals surface area contributed by atoms with Crippen LogP contribution in [-0.4, -0.2) is 44.7 Å². The molecule has 0 bridgehead atoms. The number of esters is 1. The molecule has 5 heteroatoms. The molecule has 0 saturated carbocycles. The van der Waals surface area contributed by atoms with Crippen molar-refractivity contribution in [2.24, 2.45) is 5.92 Å². The first-order valence-electron chi connectivity index (χ1n) is 7.56. The molecule has 1 unspecified atom stereocenters. The molecule has 0 aliphatic rings. The number of carbonyl (C=O) groups is 1. The normalized spacial score (nSPS) is 12.9. The van der Waals surface area contributed by atoms with Crippen molar-refractivity contribution in [2.75, 3.05) is 27.7 Å². The average Bonchev–Trinajstić information content (AvgIpc) is 2.94. The minimum absolute atomic E-state index is 0.286. The summed E-state index contributed by atoms with van der Waals surface area (Å²) in [4.78, 5) is 13.8. The van der Waals surface area contributed by atoms with E-state index in [0.717, 1.165) is 12.1 Å². The molecule has 120 valence electrons. The van der Waals surface area contributed by atoms with Gasteiger partial charge in [-0.25, -0.2) is 4.79 Å². The summed E-state index contributed by atoms with van der Waals surface area (Å²) in [6.07, 6.45) is 3.86. The molecule has 1 atom stereocenters. The van der Waals surface area contributed by atoms with E-state index in [-0.39, 0.29) is 5.76 Å². The van der Waals surface area contributed by atoms with Gasteiger partial charge in [-0.2, -0.15) is 0 Å². The van der Waals surface area contributed by atoms with Crippen molar-refractivity contribution in [2.45, 2.75) is 39.3 Å². The molecule has 0 saturated heterocycles. The highest BCUT2D eigenvalue weighted by atomic mass is 16.5. The second kappa shape index (κ2) is 8.85. The number of nitrogens with one attached hydrogen (secondary N) is 1. The summed E-state index contributed by atoms with van der Waals surface area (Å²) < 4.78 is 9.89. The third-order valence-electron chi connectivity index (χ3n) is 4.04. The zero-order valence-electron chi connectivity index (χ0n) is 13.8. The Labute approximate surface area is 127 Å². The van der Waals surface area contributed by atoms with Crippen LogP contribution in [0.5, 0.6) is 0 Å². The van der Waals surface area contributed by atoms with Gasteiger partial charge in [0, 0.05) is 24.7 Å². The van der Waals surface area contributed by atoms with Crippen LogP contribution in [0, 0.1) is 5.92 Å². The van der Waals surface area contributed by atoms with Crippen LogP contribution in [0.3, 0.4) is 0 Å². The van der Waals surface area contributed by atoms with Crippen molar-refractivity contribution in [1.82, 2.24) is 10.2 Å². The van der Waals surface area contributed by atoms with E-state index in [2.05, 4.69) is 38.2 Å². The van der Waals surface area contributed by atoms with Gasteiger partial charge >= 0.3 is 5.97 Å². The second-order valence-corrected chi connectivity index (χ2v) is 5.50. The van der Waals surface area contributed by atoms with Gasteiger partial charge in [-0.1, -0.05) is 26.7 Å². The Bertz CT molecular complexity index is 425. The number of rotatable bonds is 9. The quantitative estimate of drug-likeness (QED) is 0.710. The summed E-state index contributed by atoms with van der Waals surface area (Å²) in [7, 11) is 5.59. The molecule has 0 amide bonds. The van der Waals surface area contributed by atoms with E-state index in [9.17, 15) is 4.79 Å². The Kier molecular flexibility index (Phi) is 7.47. The molecular formula is C16H28N2O3. The largest absolute Gasteiger partial charge is 0.463 e. The number of ether oxygens (including phenoxy) is 1. The molecule has 0 aromatic carbocycles. The van der Waals surface area contributed by atoms with Crippen molar-refractivity contribution >= 4 is 5.97 Å². The first-order chi connectivity index (χ1) is 10.0. The summed E-state index contributed by atoms with van der Waals surface area (Å²) in [6.45, 7) is 5.95. The van der Waals surface area contributed by atoms with Gasteiger partial charge in [0.2, 0.25) is 5.76 Å². The Morgan fingerprint density at radius 1 is 1.38 bits per heavy atom. The van der Waals surface area contributed by atoms with Crippen LogP contribution < -0.4 is 5.32 Å². The number of methoxy groups -OCH3 is 1. The standard InChI is InChI=1S/C16H28N2O3/c1-6-12(7-2)14(18(3)4)11-17-10-13-8-9-21-15(13)16(19)20-5/h8-9,12,14,17H,6-7,10-11H2,1-5H3. The molecule has 5 nitrogen and oxygen atoms in total. The maximum absolute atomic E-state index is 11.5. The first-order valence-corrected chi connectivity index (χ1v) is 7.56. The number of furan rings is 1. The van der Waals surface area contributed by atoms with Crippen LogP contribution in [0.1, 0.15) is 42.8 Å². The SMILES string of the molecule is CCC(CC)C(CNCc1ccoc1C(=O)OC)N(C)C. The van der Waals surface area contributed by atoms with Crippen molar-refractivity contribution in [1.29, 1.82) is 0 Å². The van der Waals surface area contributed by atoms with Crippen molar-refractivity contribution < 1.29 is 13.9 Å². The topological polar surface area (TPSA) is 54.7 Å². The predicted molar refractivity (Wildman–Crippen MR) is 83.3 cm³/mol. The van der Waals surface area contributed by atoms with Crippen molar-refractivity contribution in [3.05, 3.63) is 23.7 Å². The number of likely N-dealkylation sites (N-methyl/N-ethyl adjacent to an activating group) is 1. The molecule has 0 spiro atoms. The third kappa shape index (κ3) is 4.86. The van der Waals surface area contributed by atoms with Crippen molar-refractivity contribution in [3.63, 3.8) is 0 Å². The van der Waals surface area contributed by atoms with E-state index >= 15 is 0 Å². The number of hydrogen-bond acceptors (Lipinski definition) is 5. The first kappa shape index (κ1) is 17.7. The van der Waals surface area contributed by atoms with Crippen LogP contribution in [0.25, 0.3) is 0 Å². The molecule has 1 aromatic rings. The van der Waals surface area contributed by atoms with Gasteiger partial charge in [-0.3, -0.25) is 0 Å². The molecule has 0 radical (unpaired) electrons. The van der Waals surface area contributed by atoms with E-state index in [1.807, 2.05) is 0 Å². The number of carbonyl (C=O) groups excluding carboxylic acids is 1. The minimum atomic E-state index is -0.430. The van der Waals surface area contributed by atoms with E-state index in [0.29, 0.717) is 18.5 Å². The Balaban J connectivity index is 2.59. The lowest BCUT2D eigenvalue weighted by Crippen LogP contribution is -2.42. The van der Waals surface area contributed by atoms with Gasteiger partial charge in [-0.05, 0) is 26.1 Å². The summed E-state index contributed by atoms with van der Waals surface area (Å²) in [6, 6.07) is 2.29. The van der Waals surface area contributed by atoms with Gasteiger partial charge < -0.3 is 19.4 Å². The van der Waals surface area contributed by atoms with E-state index < -0.39 is 5.97 Å². The maximum Gasteiger partial charge on any atom is 0.374 e. The van der Waals surface area contributed by atoms with E-state index in [1.165, 1.54) is 26.2 Å². The highest BCUT2D eigenvalue weighted by Crippen LogP contribution is 2.17. The fourth-order valence-electron chi connectivity index (χ4n) is 2.71. The van der Waals surface area contributed by atoms with Gasteiger partial charge in [0.25, 0.3) is 0 Å².